The van der Waals surface area contributed by atoms with E-state index < -0.39 is 0 Å². The van der Waals surface area contributed by atoms with Gasteiger partial charge in [0.25, 0.3) is 0 Å². The predicted molar refractivity (Wildman–Crippen MR) is 114 cm³/mol. The number of pyridine rings is 3. The Morgan fingerprint density at radius 3 is 1.07 bits per heavy atom. The smallest absolute Gasteiger partial charge is 0.0647 e. The minimum Gasteiger partial charge on any atom is -0.286 e. The lowest BCUT2D eigenvalue weighted by Gasteiger charge is -2.22. The molecule has 3 heterocycles. The molecule has 0 spiro atoms. The molecule has 0 fully saturated rings. The molecule has 146 valence electrons. The summed E-state index contributed by atoms with van der Waals surface area (Å²) in [6, 6.07) is 17.8. The van der Waals surface area contributed by atoms with Crippen molar-refractivity contribution >= 4 is 34.8 Å². The fourth-order valence-corrected chi connectivity index (χ4v) is 3.38. The van der Waals surface area contributed by atoms with Crippen molar-refractivity contribution in [1.82, 2.24) is 19.9 Å². The lowest BCUT2D eigenvalue weighted by molar-refractivity contribution is 0.238. The highest BCUT2D eigenvalue weighted by Gasteiger charge is 2.12. The van der Waals surface area contributed by atoms with Gasteiger partial charge in [-0.25, -0.2) is 0 Å². The third-order valence-electron chi connectivity index (χ3n) is 4.16. The van der Waals surface area contributed by atoms with E-state index in [0.717, 1.165) is 34.2 Å². The second kappa shape index (κ2) is 10.7. The van der Waals surface area contributed by atoms with Crippen molar-refractivity contribution in [3.8, 4) is 0 Å². The summed E-state index contributed by atoms with van der Waals surface area (Å²) in [6.45, 7) is 1.97. The molecule has 3 aromatic rings. The highest BCUT2D eigenvalue weighted by molar-refractivity contribution is 6.17. The van der Waals surface area contributed by atoms with Crippen LogP contribution in [0.25, 0.3) is 0 Å². The molecule has 3 aromatic heterocycles. The summed E-state index contributed by atoms with van der Waals surface area (Å²) in [4.78, 5) is 16.1. The fraction of sp³-hybridized carbons (Fsp3) is 0.286. The van der Waals surface area contributed by atoms with Gasteiger partial charge in [-0.1, -0.05) is 18.2 Å². The molecule has 0 radical (unpaired) electrons. The van der Waals surface area contributed by atoms with Crippen LogP contribution in [0.15, 0.2) is 54.6 Å². The third kappa shape index (κ3) is 6.14. The van der Waals surface area contributed by atoms with Gasteiger partial charge in [-0.15, -0.1) is 34.8 Å². The van der Waals surface area contributed by atoms with Gasteiger partial charge < -0.3 is 0 Å². The number of hydrogen-bond donors (Lipinski definition) is 0. The summed E-state index contributed by atoms with van der Waals surface area (Å²) in [7, 11) is 0. The number of rotatable bonds is 9. The average Bonchev–Trinajstić information content (AvgIpc) is 2.74. The zero-order valence-electron chi connectivity index (χ0n) is 15.4. The number of aromatic nitrogens is 3. The summed E-state index contributed by atoms with van der Waals surface area (Å²) >= 11 is 17.8. The summed E-state index contributed by atoms with van der Waals surface area (Å²) in [6.07, 6.45) is 0. The number of halogens is 3. The molecule has 0 unspecified atom stereocenters. The van der Waals surface area contributed by atoms with Crippen molar-refractivity contribution in [3.05, 3.63) is 88.8 Å². The molecule has 3 rings (SSSR count). The van der Waals surface area contributed by atoms with E-state index in [4.69, 9.17) is 34.8 Å². The maximum Gasteiger partial charge on any atom is 0.0647 e. The van der Waals surface area contributed by atoms with Crippen LogP contribution in [0.3, 0.4) is 0 Å². The van der Waals surface area contributed by atoms with Crippen molar-refractivity contribution < 1.29 is 0 Å². The monoisotopic (exact) mass is 434 g/mol. The van der Waals surface area contributed by atoms with E-state index in [-0.39, 0.29) is 0 Å². The molecule has 0 saturated heterocycles. The van der Waals surface area contributed by atoms with Gasteiger partial charge in [-0.2, -0.15) is 0 Å². The van der Waals surface area contributed by atoms with E-state index in [2.05, 4.69) is 19.9 Å². The molecule has 0 atom stereocenters. The van der Waals surface area contributed by atoms with Crippen LogP contribution in [0.4, 0.5) is 0 Å². The molecule has 0 aliphatic rings. The first kappa shape index (κ1) is 21.0. The molecule has 0 aliphatic heterocycles. The van der Waals surface area contributed by atoms with Crippen LogP contribution in [0.5, 0.6) is 0 Å². The van der Waals surface area contributed by atoms with Crippen molar-refractivity contribution in [2.24, 2.45) is 0 Å². The third-order valence-corrected chi connectivity index (χ3v) is 4.98. The Balaban J connectivity index is 1.83. The molecule has 7 heteroatoms. The van der Waals surface area contributed by atoms with Gasteiger partial charge in [0.05, 0.1) is 51.8 Å². The quantitative estimate of drug-likeness (QED) is 0.428. The van der Waals surface area contributed by atoms with Crippen LogP contribution in [0.1, 0.15) is 34.2 Å². The maximum absolute atomic E-state index is 5.94. The van der Waals surface area contributed by atoms with Gasteiger partial charge in [0.1, 0.15) is 0 Å². The lowest BCUT2D eigenvalue weighted by Crippen LogP contribution is -2.24. The normalized spacial score (nSPS) is 11.1. The van der Waals surface area contributed by atoms with E-state index in [9.17, 15) is 0 Å². The second-order valence-corrected chi connectivity index (χ2v) is 7.21. The number of hydrogen-bond acceptors (Lipinski definition) is 4. The van der Waals surface area contributed by atoms with Crippen LogP contribution in [0.2, 0.25) is 0 Å². The van der Waals surface area contributed by atoms with Crippen LogP contribution in [0, 0.1) is 0 Å². The van der Waals surface area contributed by atoms with Gasteiger partial charge in [0.15, 0.2) is 0 Å². The van der Waals surface area contributed by atoms with Gasteiger partial charge >= 0.3 is 0 Å². The zero-order valence-corrected chi connectivity index (χ0v) is 17.6. The Morgan fingerprint density at radius 1 is 0.500 bits per heavy atom. The Hall–Kier alpha value is -1.72. The topological polar surface area (TPSA) is 41.9 Å². The van der Waals surface area contributed by atoms with Gasteiger partial charge in [0.2, 0.25) is 0 Å². The zero-order chi connectivity index (χ0) is 19.8. The number of nitrogens with zero attached hydrogens (tertiary/aromatic N) is 4. The van der Waals surface area contributed by atoms with Crippen molar-refractivity contribution in [3.63, 3.8) is 0 Å². The van der Waals surface area contributed by atoms with E-state index in [1.54, 1.807) is 0 Å². The minimum atomic E-state index is 0.395. The summed E-state index contributed by atoms with van der Waals surface area (Å²) in [5, 5.41) is 0. The van der Waals surface area contributed by atoms with Crippen LogP contribution in [-0.4, -0.2) is 19.9 Å². The van der Waals surface area contributed by atoms with Gasteiger partial charge in [-0.05, 0) is 36.4 Å². The summed E-state index contributed by atoms with van der Waals surface area (Å²) in [5.74, 6) is 1.19. The van der Waals surface area contributed by atoms with Crippen molar-refractivity contribution in [2.75, 3.05) is 0 Å². The van der Waals surface area contributed by atoms with E-state index >= 15 is 0 Å². The molecule has 4 nitrogen and oxygen atoms in total. The Bertz CT molecular complexity index is 786. The molecular weight excluding hydrogens is 415 g/mol. The van der Waals surface area contributed by atoms with E-state index in [0.29, 0.717) is 37.3 Å². The van der Waals surface area contributed by atoms with Gasteiger partial charge in [-0.3, -0.25) is 19.9 Å². The highest BCUT2D eigenvalue weighted by atomic mass is 35.5. The standard InChI is InChI=1S/C21H21Cl3N4/c22-10-16-4-1-7-19(25-16)13-28(14-20-8-2-5-17(11-23)26-20)15-21-9-3-6-18(12-24)27-21/h1-9H,10-15H2. The molecule has 0 aliphatic carbocycles. The Morgan fingerprint density at radius 2 is 0.786 bits per heavy atom. The van der Waals surface area contributed by atoms with Crippen LogP contribution >= 0.6 is 34.8 Å². The molecular formula is C21H21Cl3N4. The first-order valence-corrected chi connectivity index (χ1v) is 10.5. The van der Waals surface area contributed by atoms with E-state index in [1.165, 1.54) is 0 Å². The van der Waals surface area contributed by atoms with Gasteiger partial charge in [0, 0.05) is 19.6 Å². The van der Waals surface area contributed by atoms with E-state index in [1.807, 2.05) is 54.6 Å². The number of alkyl halides is 3. The molecule has 0 N–H and O–H groups in total. The maximum atomic E-state index is 5.94. The molecule has 0 saturated carbocycles. The predicted octanol–water partition coefficient (Wildman–Crippen LogP) is 5.29. The second-order valence-electron chi connectivity index (χ2n) is 6.41. The first-order valence-electron chi connectivity index (χ1n) is 8.95. The molecule has 0 amide bonds. The Labute approximate surface area is 180 Å². The largest absolute Gasteiger partial charge is 0.286 e. The van der Waals surface area contributed by atoms with Crippen molar-refractivity contribution in [2.45, 2.75) is 37.3 Å². The summed E-state index contributed by atoms with van der Waals surface area (Å²) < 4.78 is 0. The molecule has 0 bridgehead atoms. The average molecular weight is 436 g/mol. The molecule has 0 aromatic carbocycles. The molecule has 28 heavy (non-hydrogen) atoms. The first-order chi connectivity index (χ1) is 13.7. The fourth-order valence-electron chi connectivity index (χ4n) is 2.93. The SMILES string of the molecule is ClCc1cccc(CN(Cc2cccc(CCl)n2)Cc2cccc(CCl)n2)n1. The van der Waals surface area contributed by atoms with Crippen molar-refractivity contribution in [1.29, 1.82) is 0 Å². The Kier molecular flexibility index (Phi) is 8.04. The highest BCUT2D eigenvalue weighted by Crippen LogP contribution is 2.14. The van der Waals surface area contributed by atoms with Crippen LogP contribution in [-0.2, 0) is 37.3 Å². The minimum absolute atomic E-state index is 0.395. The summed E-state index contributed by atoms with van der Waals surface area (Å²) in [5.41, 5.74) is 5.47. The van der Waals surface area contributed by atoms with Crippen LogP contribution < -0.4 is 0 Å². The lowest BCUT2D eigenvalue weighted by atomic mass is 10.2.